The van der Waals surface area contributed by atoms with Gasteiger partial charge in [0.1, 0.15) is 5.60 Å². The second kappa shape index (κ2) is 7.14. The number of carbonyl (C=O) groups is 1. The summed E-state index contributed by atoms with van der Waals surface area (Å²) in [6.45, 7) is 10.3. The predicted octanol–water partition coefficient (Wildman–Crippen LogP) is 5.24. The van der Waals surface area contributed by atoms with Crippen LogP contribution in [-0.4, -0.2) is 23.1 Å². The number of ether oxygens (including phenoxy) is 1. The van der Waals surface area contributed by atoms with Gasteiger partial charge in [-0.15, -0.1) is 13.2 Å². The van der Waals surface area contributed by atoms with Crippen LogP contribution in [0.1, 0.15) is 37.8 Å². The molecule has 0 aliphatic carbocycles. The molecule has 1 atom stereocenters. The van der Waals surface area contributed by atoms with Crippen molar-refractivity contribution in [3.05, 3.63) is 59.6 Å². The number of cyclic esters (lactones) is 1. The van der Waals surface area contributed by atoms with Gasteiger partial charge in [-0.25, -0.2) is 4.79 Å². The maximum Gasteiger partial charge on any atom is 0.410 e. The molecule has 1 aliphatic rings. The molecule has 0 saturated carbocycles. The Morgan fingerprint density at radius 3 is 2.41 bits per heavy atom. The average Bonchev–Trinajstić information content (AvgIpc) is 2.48. The van der Waals surface area contributed by atoms with E-state index in [4.69, 9.17) is 4.74 Å². The summed E-state index contributed by atoms with van der Waals surface area (Å²) >= 11 is 3.43. The molecule has 0 aromatic heterocycles. The van der Waals surface area contributed by atoms with E-state index in [1.165, 1.54) is 0 Å². The minimum atomic E-state index is -0.476. The van der Waals surface area contributed by atoms with Crippen molar-refractivity contribution in [1.29, 1.82) is 0 Å². The topological polar surface area (TPSA) is 29.5 Å². The summed E-state index contributed by atoms with van der Waals surface area (Å²) in [4.78, 5) is 14.3. The molecule has 118 valence electrons. The van der Waals surface area contributed by atoms with Crippen molar-refractivity contribution in [1.82, 2.24) is 4.90 Å². The molecular weight excluding hydrogens is 342 g/mol. The molecule has 4 heteroatoms. The first-order valence-electron chi connectivity index (χ1n) is 7.48. The number of halogens is 1. The van der Waals surface area contributed by atoms with Gasteiger partial charge in [0.25, 0.3) is 0 Å². The number of carbonyl (C=O) groups excluding carboxylic acids is 1. The average molecular weight is 364 g/mol. The number of amides is 1. The van der Waals surface area contributed by atoms with Crippen LogP contribution in [0.5, 0.6) is 0 Å². The molecule has 1 aliphatic heterocycles. The summed E-state index contributed by atoms with van der Waals surface area (Å²) < 4.78 is 6.80. The van der Waals surface area contributed by atoms with Crippen molar-refractivity contribution >= 4 is 22.0 Å². The summed E-state index contributed by atoms with van der Waals surface area (Å²) in [5, 5.41) is 0. The maximum atomic E-state index is 12.5. The summed E-state index contributed by atoms with van der Waals surface area (Å²) in [6.07, 6.45) is 5.47. The summed E-state index contributed by atoms with van der Waals surface area (Å²) in [7, 11) is 0. The lowest BCUT2D eigenvalue weighted by Crippen LogP contribution is -2.49. The second-order valence-corrected chi connectivity index (χ2v) is 6.62. The molecule has 0 N–H and O–H groups in total. The van der Waals surface area contributed by atoms with Gasteiger partial charge in [0.15, 0.2) is 0 Å². The van der Waals surface area contributed by atoms with Gasteiger partial charge >= 0.3 is 6.09 Å². The van der Waals surface area contributed by atoms with Gasteiger partial charge in [0.2, 0.25) is 0 Å². The molecule has 0 bridgehead atoms. The number of hydrogen-bond acceptors (Lipinski definition) is 2. The fraction of sp³-hybridized carbons (Fsp3) is 0.389. The van der Waals surface area contributed by atoms with E-state index in [1.54, 1.807) is 4.90 Å². The first kappa shape index (κ1) is 16.8. The van der Waals surface area contributed by atoms with Gasteiger partial charge in [-0.3, -0.25) is 0 Å². The van der Waals surface area contributed by atoms with Crippen LogP contribution in [0.25, 0.3) is 0 Å². The zero-order valence-corrected chi connectivity index (χ0v) is 14.5. The Bertz CT molecular complexity index is 543. The number of hydrogen-bond donors (Lipinski definition) is 0. The van der Waals surface area contributed by atoms with Crippen LogP contribution >= 0.6 is 15.9 Å². The molecule has 1 amide bonds. The molecule has 22 heavy (non-hydrogen) atoms. The fourth-order valence-corrected chi connectivity index (χ4v) is 3.14. The first-order chi connectivity index (χ1) is 10.5. The minimum absolute atomic E-state index is 0.00828. The minimum Gasteiger partial charge on any atom is -0.442 e. The molecule has 1 aromatic carbocycles. The van der Waals surface area contributed by atoms with Crippen LogP contribution in [0.3, 0.4) is 0 Å². The predicted molar refractivity (Wildman–Crippen MR) is 92.7 cm³/mol. The van der Waals surface area contributed by atoms with Crippen LogP contribution in [0.4, 0.5) is 4.79 Å². The van der Waals surface area contributed by atoms with Gasteiger partial charge < -0.3 is 9.64 Å². The van der Waals surface area contributed by atoms with Crippen molar-refractivity contribution < 1.29 is 9.53 Å². The summed E-state index contributed by atoms with van der Waals surface area (Å²) in [5.41, 5.74) is 0.622. The van der Waals surface area contributed by atoms with E-state index in [0.717, 1.165) is 16.5 Å². The third-order valence-corrected chi connectivity index (χ3v) is 4.73. The lowest BCUT2D eigenvalue weighted by atomic mass is 9.89. The molecule has 0 spiro atoms. The second-order valence-electron chi connectivity index (χ2n) is 5.71. The van der Waals surface area contributed by atoms with Crippen molar-refractivity contribution in [3.8, 4) is 0 Å². The normalized spacial score (nSPS) is 18.5. The largest absolute Gasteiger partial charge is 0.442 e. The van der Waals surface area contributed by atoms with Crippen molar-refractivity contribution in [2.45, 2.75) is 37.8 Å². The standard InChI is InChI=1S/C18H22BrNO2/c1-4-10-18(11-5-2)12-13-20(17(21)22-18)14(3)15-6-8-16(19)9-7-15/h4-9,14H,1-2,10-13H2,3H3. The van der Waals surface area contributed by atoms with E-state index in [0.29, 0.717) is 19.4 Å². The molecule has 1 unspecified atom stereocenters. The van der Waals surface area contributed by atoms with Crippen molar-refractivity contribution in [2.75, 3.05) is 6.54 Å². The van der Waals surface area contributed by atoms with Crippen LogP contribution in [0.15, 0.2) is 54.0 Å². The highest BCUT2D eigenvalue weighted by molar-refractivity contribution is 9.10. The molecule has 2 rings (SSSR count). The van der Waals surface area contributed by atoms with Crippen LogP contribution in [-0.2, 0) is 4.74 Å². The lowest BCUT2D eigenvalue weighted by Gasteiger charge is -2.42. The first-order valence-corrected chi connectivity index (χ1v) is 8.27. The summed E-state index contributed by atoms with van der Waals surface area (Å²) in [6, 6.07) is 8.02. The summed E-state index contributed by atoms with van der Waals surface area (Å²) in [5.74, 6) is 0. The number of benzene rings is 1. The van der Waals surface area contributed by atoms with E-state index < -0.39 is 5.60 Å². The Kier molecular flexibility index (Phi) is 5.46. The van der Waals surface area contributed by atoms with E-state index in [2.05, 4.69) is 29.1 Å². The highest BCUT2D eigenvalue weighted by Crippen LogP contribution is 2.34. The van der Waals surface area contributed by atoms with Gasteiger partial charge in [-0.2, -0.15) is 0 Å². The zero-order chi connectivity index (χ0) is 16.2. The SMILES string of the molecule is C=CCC1(CC=C)CCN(C(C)c2ccc(Br)cc2)C(=O)O1. The molecule has 1 aromatic rings. The molecular formula is C18H22BrNO2. The zero-order valence-electron chi connectivity index (χ0n) is 12.9. The van der Waals surface area contributed by atoms with E-state index >= 15 is 0 Å². The number of rotatable bonds is 6. The molecule has 1 heterocycles. The van der Waals surface area contributed by atoms with E-state index in [9.17, 15) is 4.79 Å². The molecule has 1 fully saturated rings. The maximum absolute atomic E-state index is 12.5. The molecule has 1 saturated heterocycles. The third kappa shape index (κ3) is 3.61. The highest BCUT2D eigenvalue weighted by Gasteiger charge is 2.40. The smallest absolute Gasteiger partial charge is 0.410 e. The number of nitrogens with zero attached hydrogens (tertiary/aromatic N) is 1. The van der Waals surface area contributed by atoms with E-state index in [1.807, 2.05) is 43.3 Å². The monoisotopic (exact) mass is 363 g/mol. The molecule has 0 radical (unpaired) electrons. The third-order valence-electron chi connectivity index (χ3n) is 4.20. The van der Waals surface area contributed by atoms with Gasteiger partial charge in [0.05, 0.1) is 6.04 Å². The lowest BCUT2D eigenvalue weighted by molar-refractivity contribution is -0.0526. The Balaban J connectivity index is 2.12. The van der Waals surface area contributed by atoms with Crippen LogP contribution < -0.4 is 0 Å². The Hall–Kier alpha value is -1.55. The van der Waals surface area contributed by atoms with Crippen LogP contribution in [0.2, 0.25) is 0 Å². The Morgan fingerprint density at radius 1 is 1.32 bits per heavy atom. The quantitative estimate of drug-likeness (QED) is 0.646. The molecule has 3 nitrogen and oxygen atoms in total. The fourth-order valence-electron chi connectivity index (χ4n) is 2.88. The highest BCUT2D eigenvalue weighted by atomic mass is 79.9. The Labute approximate surface area is 140 Å². The van der Waals surface area contributed by atoms with E-state index in [-0.39, 0.29) is 12.1 Å². The van der Waals surface area contributed by atoms with Crippen LogP contribution in [0, 0.1) is 0 Å². The van der Waals surface area contributed by atoms with Crippen molar-refractivity contribution in [2.24, 2.45) is 0 Å². The van der Waals surface area contributed by atoms with Crippen molar-refractivity contribution in [3.63, 3.8) is 0 Å². The Morgan fingerprint density at radius 2 is 1.91 bits per heavy atom. The van der Waals surface area contributed by atoms with Gasteiger partial charge in [0, 0.05) is 30.3 Å². The van der Waals surface area contributed by atoms with Gasteiger partial charge in [-0.05, 0) is 24.6 Å². The van der Waals surface area contributed by atoms with Gasteiger partial charge in [-0.1, -0.05) is 40.2 Å².